The summed E-state index contributed by atoms with van der Waals surface area (Å²) < 4.78 is 5.27. The van der Waals surface area contributed by atoms with Crippen LogP contribution in [0.5, 0.6) is 5.75 Å². The van der Waals surface area contributed by atoms with Crippen molar-refractivity contribution in [2.45, 2.75) is 27.2 Å². The van der Waals surface area contributed by atoms with Gasteiger partial charge in [-0.2, -0.15) is 0 Å². The molecule has 1 unspecified atom stereocenters. The van der Waals surface area contributed by atoms with Gasteiger partial charge in [-0.05, 0) is 36.0 Å². The van der Waals surface area contributed by atoms with Crippen LogP contribution in [0, 0.1) is 11.3 Å². The van der Waals surface area contributed by atoms with Gasteiger partial charge in [0.15, 0.2) is 0 Å². The topological polar surface area (TPSA) is 55.6 Å². The first-order chi connectivity index (χ1) is 9.32. The fourth-order valence-electron chi connectivity index (χ4n) is 2.71. The van der Waals surface area contributed by atoms with Gasteiger partial charge in [-0.15, -0.1) is 0 Å². The lowest BCUT2D eigenvalue weighted by atomic mass is 9.80. The van der Waals surface area contributed by atoms with Gasteiger partial charge in [0.2, 0.25) is 0 Å². The van der Waals surface area contributed by atoms with Gasteiger partial charge in [0.05, 0.1) is 12.7 Å². The number of hydrogen-bond donors (Lipinski definition) is 1. The number of benzene rings is 1. The molecule has 1 aliphatic heterocycles. The highest BCUT2D eigenvalue weighted by Gasteiger charge is 2.34. The highest BCUT2D eigenvalue weighted by molar-refractivity contribution is 5.98. The number of anilines is 1. The van der Waals surface area contributed by atoms with Crippen LogP contribution >= 0.6 is 0 Å². The minimum Gasteiger partial charge on any atom is -0.496 e. The maximum atomic E-state index is 12.6. The molecule has 20 heavy (non-hydrogen) atoms. The first kappa shape index (κ1) is 14.7. The molecular weight excluding hydrogens is 252 g/mol. The molecule has 0 bridgehead atoms. The second kappa shape index (κ2) is 5.35. The molecule has 2 rings (SSSR count). The van der Waals surface area contributed by atoms with E-state index in [0.29, 0.717) is 22.9 Å². The smallest absolute Gasteiger partial charge is 0.257 e. The number of rotatable bonds is 2. The molecule has 0 aromatic heterocycles. The summed E-state index contributed by atoms with van der Waals surface area (Å²) in [6, 6.07) is 5.20. The Morgan fingerprint density at radius 1 is 1.40 bits per heavy atom. The van der Waals surface area contributed by atoms with Gasteiger partial charge >= 0.3 is 0 Å². The molecule has 0 aliphatic carbocycles. The van der Waals surface area contributed by atoms with Crippen LogP contribution in [0.4, 0.5) is 5.69 Å². The van der Waals surface area contributed by atoms with Gasteiger partial charge < -0.3 is 15.4 Å². The average Bonchev–Trinajstić information content (AvgIpc) is 2.87. The van der Waals surface area contributed by atoms with E-state index < -0.39 is 0 Å². The molecule has 1 atom stereocenters. The van der Waals surface area contributed by atoms with Crippen LogP contribution in [0.2, 0.25) is 0 Å². The van der Waals surface area contributed by atoms with E-state index in [0.717, 1.165) is 19.5 Å². The normalized spacial score (nSPS) is 19.2. The van der Waals surface area contributed by atoms with Crippen molar-refractivity contribution < 1.29 is 9.53 Å². The summed E-state index contributed by atoms with van der Waals surface area (Å²) in [5.41, 5.74) is 7.16. The van der Waals surface area contributed by atoms with Crippen LogP contribution < -0.4 is 10.5 Å². The van der Waals surface area contributed by atoms with Crippen LogP contribution in [0.15, 0.2) is 18.2 Å². The molecular formula is C16H24N2O2. The molecule has 1 saturated heterocycles. The van der Waals surface area contributed by atoms with Gasteiger partial charge in [-0.25, -0.2) is 0 Å². The fourth-order valence-corrected chi connectivity index (χ4v) is 2.71. The zero-order chi connectivity index (χ0) is 14.9. The number of carbonyl (C=O) groups is 1. The van der Waals surface area contributed by atoms with Crippen molar-refractivity contribution in [1.29, 1.82) is 0 Å². The summed E-state index contributed by atoms with van der Waals surface area (Å²) in [7, 11) is 1.57. The third kappa shape index (κ3) is 2.89. The lowest BCUT2D eigenvalue weighted by molar-refractivity contribution is 0.0773. The van der Waals surface area contributed by atoms with Crippen LogP contribution in [0.3, 0.4) is 0 Å². The summed E-state index contributed by atoms with van der Waals surface area (Å²) in [5, 5.41) is 0. The van der Waals surface area contributed by atoms with Gasteiger partial charge in [0, 0.05) is 18.8 Å². The number of nitrogen functional groups attached to an aromatic ring is 1. The van der Waals surface area contributed by atoms with Crippen molar-refractivity contribution in [2.75, 3.05) is 25.9 Å². The molecule has 110 valence electrons. The van der Waals surface area contributed by atoms with Crippen molar-refractivity contribution in [1.82, 2.24) is 4.90 Å². The standard InChI is InChI=1S/C16H24N2O2/c1-16(2,3)11-7-8-18(10-11)15(19)13-9-12(17)5-6-14(13)20-4/h5-6,9,11H,7-8,10,17H2,1-4H3. The minimum absolute atomic E-state index is 0.0147. The summed E-state index contributed by atoms with van der Waals surface area (Å²) in [6.07, 6.45) is 1.06. The first-order valence-electron chi connectivity index (χ1n) is 7.05. The predicted molar refractivity (Wildman–Crippen MR) is 80.9 cm³/mol. The molecule has 4 nitrogen and oxygen atoms in total. The van der Waals surface area contributed by atoms with Crippen LogP contribution in [-0.4, -0.2) is 31.0 Å². The quantitative estimate of drug-likeness (QED) is 0.845. The van der Waals surface area contributed by atoms with E-state index in [1.54, 1.807) is 25.3 Å². The zero-order valence-corrected chi connectivity index (χ0v) is 12.8. The second-order valence-electron chi connectivity index (χ2n) is 6.56. The molecule has 1 fully saturated rings. The number of methoxy groups -OCH3 is 1. The molecule has 1 amide bonds. The Labute approximate surface area is 120 Å². The number of likely N-dealkylation sites (tertiary alicyclic amines) is 1. The largest absolute Gasteiger partial charge is 0.496 e. The van der Waals surface area contributed by atoms with Crippen molar-refractivity contribution in [3.8, 4) is 5.75 Å². The Hall–Kier alpha value is -1.71. The molecule has 0 radical (unpaired) electrons. The van der Waals surface area contributed by atoms with Crippen molar-refractivity contribution in [3.63, 3.8) is 0 Å². The number of nitrogens with zero attached hydrogens (tertiary/aromatic N) is 1. The first-order valence-corrected chi connectivity index (χ1v) is 7.05. The average molecular weight is 276 g/mol. The maximum Gasteiger partial charge on any atom is 0.257 e. The molecule has 1 heterocycles. The number of nitrogens with two attached hydrogens (primary N) is 1. The zero-order valence-electron chi connectivity index (χ0n) is 12.8. The van der Waals surface area contributed by atoms with Gasteiger partial charge in [-0.1, -0.05) is 20.8 Å². The molecule has 0 saturated carbocycles. The number of carbonyl (C=O) groups excluding carboxylic acids is 1. The van der Waals surface area contributed by atoms with Crippen LogP contribution in [0.25, 0.3) is 0 Å². The van der Waals surface area contributed by atoms with Crippen molar-refractivity contribution in [2.24, 2.45) is 11.3 Å². The Bertz CT molecular complexity index is 506. The van der Waals surface area contributed by atoms with Crippen molar-refractivity contribution in [3.05, 3.63) is 23.8 Å². The summed E-state index contributed by atoms with van der Waals surface area (Å²) >= 11 is 0. The third-order valence-electron chi connectivity index (χ3n) is 4.15. The Morgan fingerprint density at radius 3 is 2.65 bits per heavy atom. The van der Waals surface area contributed by atoms with Gasteiger partial charge in [0.25, 0.3) is 5.91 Å². The van der Waals surface area contributed by atoms with E-state index >= 15 is 0 Å². The summed E-state index contributed by atoms with van der Waals surface area (Å²) in [5.74, 6) is 1.14. The third-order valence-corrected chi connectivity index (χ3v) is 4.15. The predicted octanol–water partition coefficient (Wildman–Crippen LogP) is 2.79. The molecule has 1 aromatic rings. The fraction of sp³-hybridized carbons (Fsp3) is 0.562. The summed E-state index contributed by atoms with van der Waals surface area (Å²) in [4.78, 5) is 14.6. The van der Waals surface area contributed by atoms with Gasteiger partial charge in [0.1, 0.15) is 5.75 Å². The van der Waals surface area contributed by atoms with Crippen LogP contribution in [0.1, 0.15) is 37.6 Å². The number of amides is 1. The van der Waals surface area contributed by atoms with E-state index in [9.17, 15) is 4.79 Å². The molecule has 2 N–H and O–H groups in total. The monoisotopic (exact) mass is 276 g/mol. The van der Waals surface area contributed by atoms with Gasteiger partial charge in [-0.3, -0.25) is 4.79 Å². The SMILES string of the molecule is COc1ccc(N)cc1C(=O)N1CCC(C(C)(C)C)C1. The van der Waals surface area contributed by atoms with E-state index in [1.807, 2.05) is 4.90 Å². The molecule has 0 spiro atoms. The Balaban J connectivity index is 2.19. The van der Waals surface area contributed by atoms with E-state index in [-0.39, 0.29) is 11.3 Å². The molecule has 4 heteroatoms. The van der Waals surface area contributed by atoms with E-state index in [4.69, 9.17) is 10.5 Å². The van der Waals surface area contributed by atoms with E-state index in [1.165, 1.54) is 0 Å². The summed E-state index contributed by atoms with van der Waals surface area (Å²) in [6.45, 7) is 8.30. The maximum absolute atomic E-state index is 12.6. The van der Waals surface area contributed by atoms with Crippen LogP contribution in [-0.2, 0) is 0 Å². The second-order valence-corrected chi connectivity index (χ2v) is 6.56. The highest BCUT2D eigenvalue weighted by Crippen LogP contribution is 2.35. The number of hydrogen-bond acceptors (Lipinski definition) is 3. The molecule has 1 aromatic carbocycles. The molecule has 1 aliphatic rings. The van der Waals surface area contributed by atoms with Crippen molar-refractivity contribution >= 4 is 11.6 Å². The lowest BCUT2D eigenvalue weighted by Crippen LogP contribution is -2.31. The lowest BCUT2D eigenvalue weighted by Gasteiger charge is -2.27. The number of ether oxygens (including phenoxy) is 1. The van der Waals surface area contributed by atoms with E-state index in [2.05, 4.69) is 20.8 Å². The Kier molecular flexibility index (Phi) is 3.93. The highest BCUT2D eigenvalue weighted by atomic mass is 16.5. The minimum atomic E-state index is 0.0147. The Morgan fingerprint density at radius 2 is 2.10 bits per heavy atom.